The summed E-state index contributed by atoms with van der Waals surface area (Å²) >= 11 is 0. The Kier molecular flexibility index (Phi) is 7.63. The van der Waals surface area contributed by atoms with Gasteiger partial charge in [-0.25, -0.2) is 0 Å². The predicted molar refractivity (Wildman–Crippen MR) is 256 cm³/mol. The summed E-state index contributed by atoms with van der Waals surface area (Å²) in [6, 6.07) is 81.8. The van der Waals surface area contributed by atoms with Crippen molar-refractivity contribution >= 4 is 72.4 Å². The van der Waals surface area contributed by atoms with Gasteiger partial charge in [-0.15, -0.1) is 0 Å². The Balaban J connectivity index is 1.09. The zero-order chi connectivity index (χ0) is 40.0. The van der Waals surface area contributed by atoms with Gasteiger partial charge < -0.3 is 9.13 Å². The van der Waals surface area contributed by atoms with Gasteiger partial charge >= 0.3 is 0 Å². The third-order valence-electron chi connectivity index (χ3n) is 13.4. The van der Waals surface area contributed by atoms with Gasteiger partial charge in [-0.05, 0) is 91.5 Å². The lowest BCUT2D eigenvalue weighted by Crippen LogP contribution is -2.74. The molecule has 11 aromatic rings. The van der Waals surface area contributed by atoms with Crippen LogP contribution in [0.1, 0.15) is 25.0 Å². The van der Waals surface area contributed by atoms with Crippen LogP contribution in [0.4, 0.5) is 0 Å². The van der Waals surface area contributed by atoms with E-state index in [4.69, 9.17) is 0 Å². The number of rotatable bonds is 6. The molecule has 0 unspecified atom stereocenters. The van der Waals surface area contributed by atoms with Crippen LogP contribution in [0.3, 0.4) is 0 Å². The fourth-order valence-corrected chi connectivity index (χ4v) is 15.7. The number of para-hydroxylation sites is 3. The molecule has 2 heterocycles. The Bertz CT molecular complexity index is 3350. The van der Waals surface area contributed by atoms with Gasteiger partial charge in [0.15, 0.2) is 8.07 Å². The number of nitrogens with zero attached hydrogens (tertiary/aromatic N) is 2. The Morgan fingerprint density at radius 2 is 0.850 bits per heavy atom. The molecule has 1 aliphatic carbocycles. The summed E-state index contributed by atoms with van der Waals surface area (Å²) in [4.78, 5) is 0. The molecule has 0 atom stereocenters. The lowest BCUT2D eigenvalue weighted by molar-refractivity contribution is 0.666. The fraction of sp³-hybridized carbons (Fsp3) is 0.0526. The van der Waals surface area contributed by atoms with Crippen molar-refractivity contribution in [3.05, 3.63) is 230 Å². The van der Waals surface area contributed by atoms with E-state index in [9.17, 15) is 0 Å². The molecular weight excluding hydrogens is 741 g/mol. The van der Waals surface area contributed by atoms with E-state index in [2.05, 4.69) is 241 Å². The topological polar surface area (TPSA) is 9.86 Å². The Morgan fingerprint density at radius 1 is 0.350 bits per heavy atom. The molecule has 0 spiro atoms. The number of aromatic nitrogens is 2. The number of hydrogen-bond acceptors (Lipinski definition) is 0. The molecule has 12 rings (SSSR count). The van der Waals surface area contributed by atoms with Crippen LogP contribution in [0.2, 0.25) is 0 Å². The van der Waals surface area contributed by atoms with Crippen molar-refractivity contribution < 1.29 is 0 Å². The van der Waals surface area contributed by atoms with Crippen LogP contribution < -0.4 is 20.7 Å². The third-order valence-corrected chi connectivity index (χ3v) is 18.2. The van der Waals surface area contributed by atoms with E-state index in [1.807, 2.05) is 0 Å². The first-order valence-corrected chi connectivity index (χ1v) is 23.0. The normalized spacial score (nSPS) is 13.3. The van der Waals surface area contributed by atoms with Gasteiger partial charge in [0.2, 0.25) is 0 Å². The molecule has 0 N–H and O–H groups in total. The van der Waals surface area contributed by atoms with E-state index >= 15 is 0 Å². The van der Waals surface area contributed by atoms with Gasteiger partial charge in [0.25, 0.3) is 0 Å². The quantitative estimate of drug-likeness (QED) is 0.117. The van der Waals surface area contributed by atoms with Gasteiger partial charge in [0, 0.05) is 38.3 Å². The molecule has 0 radical (unpaired) electrons. The lowest BCUT2D eigenvalue weighted by atomic mass is 9.80. The van der Waals surface area contributed by atoms with Crippen LogP contribution in [0.5, 0.6) is 0 Å². The molecule has 0 aliphatic heterocycles. The molecule has 60 heavy (non-hydrogen) atoms. The molecule has 2 nitrogen and oxygen atoms in total. The highest BCUT2D eigenvalue weighted by atomic mass is 28.3. The van der Waals surface area contributed by atoms with Gasteiger partial charge in [-0.3, -0.25) is 0 Å². The minimum Gasteiger partial charge on any atom is -0.309 e. The first-order valence-electron chi connectivity index (χ1n) is 21.0. The van der Waals surface area contributed by atoms with Crippen molar-refractivity contribution in [3.63, 3.8) is 0 Å². The minimum atomic E-state index is -2.89. The van der Waals surface area contributed by atoms with Crippen molar-refractivity contribution in [2.75, 3.05) is 0 Å². The van der Waals surface area contributed by atoms with Crippen LogP contribution in [-0.2, 0) is 5.41 Å². The molecule has 0 saturated heterocycles. The largest absolute Gasteiger partial charge is 0.309 e. The predicted octanol–water partition coefficient (Wildman–Crippen LogP) is 11.6. The maximum absolute atomic E-state index is 2.89. The first-order chi connectivity index (χ1) is 29.5. The highest BCUT2D eigenvalue weighted by Crippen LogP contribution is 2.53. The summed E-state index contributed by atoms with van der Waals surface area (Å²) in [5, 5.41) is 10.6. The number of benzene rings is 9. The lowest BCUT2D eigenvalue weighted by Gasteiger charge is -2.35. The van der Waals surface area contributed by atoms with E-state index < -0.39 is 8.07 Å². The molecule has 9 aromatic carbocycles. The molecule has 284 valence electrons. The van der Waals surface area contributed by atoms with E-state index in [-0.39, 0.29) is 5.41 Å². The van der Waals surface area contributed by atoms with E-state index in [1.165, 1.54) is 98.0 Å². The van der Waals surface area contributed by atoms with Crippen LogP contribution in [0.15, 0.2) is 218 Å². The molecule has 3 heteroatoms. The van der Waals surface area contributed by atoms with Crippen molar-refractivity contribution in [2.45, 2.75) is 19.3 Å². The molecule has 0 bridgehead atoms. The Labute approximate surface area is 351 Å². The summed E-state index contributed by atoms with van der Waals surface area (Å²) in [5.41, 5.74) is 12.7. The van der Waals surface area contributed by atoms with Crippen molar-refractivity contribution in [1.82, 2.24) is 9.13 Å². The third kappa shape index (κ3) is 4.81. The highest BCUT2D eigenvalue weighted by molar-refractivity contribution is 7.19. The number of fused-ring (bicyclic) bond motifs is 10. The smallest absolute Gasteiger partial charge is 0.179 e. The first kappa shape index (κ1) is 34.8. The second kappa shape index (κ2) is 13.2. The maximum Gasteiger partial charge on any atom is 0.179 e. The molecule has 0 saturated carbocycles. The molecule has 2 aromatic heterocycles. The van der Waals surface area contributed by atoms with E-state index in [0.29, 0.717) is 0 Å². The SMILES string of the molecule is CC1(C)c2ccccc2-c2ccc3c(c21)c1ccccc1n3-c1ccc([Si](c2ccccc2)(c2ccccc2)c2cccc(-n3c4ccccc4c4ccccc43)c2)cc1. The standard InChI is InChI=1S/C57H42N2Si/c1-57(2)50-28-13-9-24-45(50)48-36-37-54-55(56(48)57)49-27-12-16-31-53(49)58(54)39-32-34-43(35-33-39)60(41-19-5-3-6-20-41,42-21-7-4-8-22-42)44-23-17-18-40(38-44)59-51-29-14-10-25-46(51)47-26-11-15-30-52(47)59/h3-38H,1-2H3. The van der Waals surface area contributed by atoms with E-state index in [0.717, 1.165) is 0 Å². The van der Waals surface area contributed by atoms with E-state index in [1.54, 1.807) is 0 Å². The monoisotopic (exact) mass is 782 g/mol. The van der Waals surface area contributed by atoms with Crippen LogP contribution in [0.25, 0.3) is 66.1 Å². The molecule has 0 fully saturated rings. The number of hydrogen-bond donors (Lipinski definition) is 0. The minimum absolute atomic E-state index is 0.116. The van der Waals surface area contributed by atoms with Gasteiger partial charge in [-0.2, -0.15) is 0 Å². The van der Waals surface area contributed by atoms with Crippen molar-refractivity contribution in [3.8, 4) is 22.5 Å². The summed E-state index contributed by atoms with van der Waals surface area (Å²) in [7, 11) is -2.89. The molecule has 1 aliphatic rings. The fourth-order valence-electron chi connectivity index (χ4n) is 10.9. The summed E-state index contributed by atoms with van der Waals surface area (Å²) in [5.74, 6) is 0. The summed E-state index contributed by atoms with van der Waals surface area (Å²) in [6.45, 7) is 4.79. The van der Waals surface area contributed by atoms with Crippen LogP contribution in [0, 0.1) is 0 Å². The average Bonchev–Trinajstić information content (AvgIpc) is 3.91. The van der Waals surface area contributed by atoms with Gasteiger partial charge in [-0.1, -0.05) is 184 Å². The summed E-state index contributed by atoms with van der Waals surface area (Å²) < 4.78 is 4.94. The maximum atomic E-state index is 2.49. The Hall–Kier alpha value is -7.20. The second-order valence-corrected chi connectivity index (χ2v) is 20.7. The van der Waals surface area contributed by atoms with Crippen LogP contribution in [-0.4, -0.2) is 17.2 Å². The molecular formula is C57H42N2Si. The Morgan fingerprint density at radius 3 is 1.50 bits per heavy atom. The summed E-state index contributed by atoms with van der Waals surface area (Å²) in [6.07, 6.45) is 0. The second-order valence-electron chi connectivity index (χ2n) is 16.9. The van der Waals surface area contributed by atoms with Crippen molar-refractivity contribution in [2.24, 2.45) is 0 Å². The van der Waals surface area contributed by atoms with Gasteiger partial charge in [0.1, 0.15) is 0 Å². The van der Waals surface area contributed by atoms with Crippen molar-refractivity contribution in [1.29, 1.82) is 0 Å². The zero-order valence-electron chi connectivity index (χ0n) is 33.7. The molecule has 0 amide bonds. The average molecular weight is 783 g/mol. The highest BCUT2D eigenvalue weighted by Gasteiger charge is 2.42. The van der Waals surface area contributed by atoms with Crippen LogP contribution >= 0.6 is 0 Å². The van der Waals surface area contributed by atoms with Gasteiger partial charge in [0.05, 0.1) is 22.1 Å². The zero-order valence-corrected chi connectivity index (χ0v) is 34.7.